The molecule has 2 amide bonds. The molecule has 32 heteroatoms. The number of phosphoric acid groups is 3. The second-order valence-electron chi connectivity index (χ2n) is 12.5. The Morgan fingerprint density at radius 2 is 1.67 bits per heavy atom. The SMILES string of the molecule is CC(C)(COP(=O)(O)OP(=O)(O)OC[C@H]1O[C@@H](n2cnc3c(N)ncnc32)[C@H](O)[C@@H]1OP(=O)(O)O)[C@@H](O)C(=O)NCCC(=O)NCCSC(=O)CCCC(=O)O.[H-].[H-].[Li+].[Li+]. The Morgan fingerprint density at radius 1 is 1.02 bits per heavy atom. The Hall–Kier alpha value is -1.78. The molecule has 0 aromatic carbocycles. The molecule has 0 aliphatic carbocycles. The molecule has 2 aromatic rings. The van der Waals surface area contributed by atoms with Gasteiger partial charge in [-0.2, -0.15) is 4.31 Å². The smallest absolute Gasteiger partial charge is 1.00 e. The van der Waals surface area contributed by atoms with Crippen LogP contribution in [0, 0.1) is 5.41 Å². The van der Waals surface area contributed by atoms with Gasteiger partial charge in [0, 0.05) is 43.5 Å². The van der Waals surface area contributed by atoms with Crippen molar-refractivity contribution in [3.8, 4) is 0 Å². The Balaban J connectivity index is 0. The number of aliphatic carboxylic acids is 1. The monoisotopic (exact) mass is 897 g/mol. The minimum Gasteiger partial charge on any atom is -1.00 e. The number of aliphatic hydroxyl groups is 2. The van der Waals surface area contributed by atoms with Gasteiger partial charge in [0.1, 0.15) is 36.3 Å². The zero-order chi connectivity index (χ0) is 42.1. The number of carboxylic acid groups (broad SMARTS) is 1. The number of phosphoric ester groups is 3. The van der Waals surface area contributed by atoms with Crippen molar-refractivity contribution in [2.75, 3.05) is 37.8 Å². The van der Waals surface area contributed by atoms with E-state index in [4.69, 9.17) is 24.6 Å². The van der Waals surface area contributed by atoms with Crippen LogP contribution in [0.3, 0.4) is 0 Å². The predicted octanol–water partition coefficient (Wildman–Crippen LogP) is -6.85. The molecule has 1 aliphatic rings. The van der Waals surface area contributed by atoms with Crippen LogP contribution >= 0.6 is 35.2 Å². The first kappa shape index (κ1) is 54.2. The molecule has 11 N–H and O–H groups in total. The predicted molar refractivity (Wildman–Crippen MR) is 191 cm³/mol. The van der Waals surface area contributed by atoms with E-state index in [1.165, 1.54) is 13.8 Å². The molecular weight excluding hydrogens is 853 g/mol. The number of nitrogens with two attached hydrogens (primary N) is 1. The first-order chi connectivity index (χ1) is 25.9. The number of aliphatic hydroxyl groups excluding tert-OH is 2. The van der Waals surface area contributed by atoms with Crippen LogP contribution < -0.4 is 54.1 Å². The molecule has 0 saturated carbocycles. The summed E-state index contributed by atoms with van der Waals surface area (Å²) in [5.41, 5.74) is 4.21. The van der Waals surface area contributed by atoms with Crippen molar-refractivity contribution in [2.24, 2.45) is 5.41 Å². The van der Waals surface area contributed by atoms with Gasteiger partial charge in [0.15, 0.2) is 22.8 Å². The number of carboxylic acids is 1. The van der Waals surface area contributed by atoms with E-state index in [0.717, 1.165) is 29.0 Å². The molecule has 1 aliphatic heterocycles. The van der Waals surface area contributed by atoms with E-state index in [9.17, 15) is 62.7 Å². The number of hydrogen-bond acceptors (Lipinski definition) is 19. The molecule has 58 heavy (non-hydrogen) atoms. The van der Waals surface area contributed by atoms with E-state index in [0.29, 0.717) is 0 Å². The van der Waals surface area contributed by atoms with Crippen molar-refractivity contribution in [3.63, 3.8) is 0 Å². The first-order valence-corrected chi connectivity index (χ1v) is 21.7. The van der Waals surface area contributed by atoms with Gasteiger partial charge in [0.25, 0.3) is 0 Å². The first-order valence-electron chi connectivity index (χ1n) is 16.2. The topological polar surface area (TPSA) is 401 Å². The van der Waals surface area contributed by atoms with E-state index in [1.807, 2.05) is 0 Å². The summed E-state index contributed by atoms with van der Waals surface area (Å²) in [6.45, 7) is 0.273. The molecule has 2 aromatic heterocycles. The van der Waals surface area contributed by atoms with Crippen molar-refractivity contribution in [1.29, 1.82) is 0 Å². The summed E-state index contributed by atoms with van der Waals surface area (Å²) in [6, 6.07) is 0. The molecule has 0 radical (unpaired) electrons. The number of hydrogen-bond donors (Lipinski definition) is 10. The number of rotatable bonds is 23. The maximum absolute atomic E-state index is 12.7. The summed E-state index contributed by atoms with van der Waals surface area (Å²) < 4.78 is 61.9. The molecule has 26 nitrogen and oxygen atoms in total. The summed E-state index contributed by atoms with van der Waals surface area (Å²) in [6.07, 6.45) is -6.92. The number of nitrogen functional groups attached to an aromatic ring is 1. The van der Waals surface area contributed by atoms with Crippen molar-refractivity contribution in [2.45, 2.75) is 70.2 Å². The third kappa shape index (κ3) is 17.3. The summed E-state index contributed by atoms with van der Waals surface area (Å²) in [5, 5.41) is 34.6. The average molecular weight is 898 g/mol. The van der Waals surface area contributed by atoms with Crippen LogP contribution in [0.5, 0.6) is 0 Å². The second kappa shape index (κ2) is 23.4. The van der Waals surface area contributed by atoms with Crippen molar-refractivity contribution in [3.05, 3.63) is 12.7 Å². The zero-order valence-electron chi connectivity index (χ0n) is 33.6. The van der Waals surface area contributed by atoms with Crippen LogP contribution in [0.15, 0.2) is 12.7 Å². The minimum absolute atomic E-state index is 0. The quantitative estimate of drug-likeness (QED) is 0.0281. The third-order valence-corrected chi connectivity index (χ3v) is 11.6. The van der Waals surface area contributed by atoms with Crippen molar-refractivity contribution >= 4 is 75.1 Å². The summed E-state index contributed by atoms with van der Waals surface area (Å²) >= 11 is 0.929. The molecular formula is C26H44Li2N7O19P3S. The number of carbonyl (C=O) groups excluding carboxylic acids is 3. The summed E-state index contributed by atoms with van der Waals surface area (Å²) in [7, 11) is -16.4. The van der Waals surface area contributed by atoms with Crippen LogP contribution in [0.4, 0.5) is 5.82 Å². The van der Waals surface area contributed by atoms with E-state index < -0.39 is 90.5 Å². The zero-order valence-corrected chi connectivity index (χ0v) is 35.1. The van der Waals surface area contributed by atoms with Crippen LogP contribution in [0.25, 0.3) is 11.2 Å². The number of imidazole rings is 1. The largest absolute Gasteiger partial charge is 1.00 e. The number of thioether (sulfide) groups is 1. The molecule has 320 valence electrons. The molecule has 1 fully saturated rings. The third-order valence-electron chi connectivity index (χ3n) is 7.54. The number of anilines is 1. The van der Waals surface area contributed by atoms with E-state index in [2.05, 4.69) is 34.4 Å². The molecule has 1 saturated heterocycles. The fourth-order valence-electron chi connectivity index (χ4n) is 4.75. The normalized spacial score (nSPS) is 20.8. The van der Waals surface area contributed by atoms with Gasteiger partial charge in [-0.25, -0.2) is 28.6 Å². The average Bonchev–Trinajstić information content (AvgIpc) is 3.64. The number of amides is 2. The van der Waals surface area contributed by atoms with Gasteiger partial charge in [-0.3, -0.25) is 37.3 Å². The van der Waals surface area contributed by atoms with Gasteiger partial charge in [0.05, 0.1) is 19.5 Å². The molecule has 3 heterocycles. The van der Waals surface area contributed by atoms with Gasteiger partial charge in [-0.05, 0) is 6.42 Å². The van der Waals surface area contributed by atoms with Gasteiger partial charge < -0.3 is 58.9 Å². The second-order valence-corrected chi connectivity index (χ2v) is 17.9. The van der Waals surface area contributed by atoms with Crippen LogP contribution in [0.1, 0.15) is 48.6 Å². The van der Waals surface area contributed by atoms with Crippen molar-refractivity contribution < 1.29 is 131 Å². The van der Waals surface area contributed by atoms with Crippen LogP contribution in [0.2, 0.25) is 0 Å². The number of aromatic nitrogens is 4. The fraction of sp³-hybridized carbons (Fsp3) is 0.654. The molecule has 0 bridgehead atoms. The number of ether oxygens (including phenoxy) is 1. The standard InChI is InChI=1S/C26H42N7O19P3S.2Li.2H/c1-26(2,21(39)24(40)29-7-6-15(34)28-8-9-56-17(37)5-3-4-16(35)36)11-49-55(46,47)52-54(44,45)48-10-14-20(51-53(41,42)43)19(38)25(50-14)33-13-32-18-22(27)30-12-31-23(18)33;;;;/h12-14,19-21,25,38-39H,3-11H2,1-2H3,(H,28,34)(H,29,40)(H,35,36)(H,44,45)(H,46,47)(H2,27,30,31)(H2,41,42,43);;;;/q;2*+1;2*-1/t14-,19-,20-,21+,25-;;;;/m1..../s1. The van der Waals surface area contributed by atoms with Crippen LogP contribution in [-0.2, 0) is 55.5 Å². The maximum Gasteiger partial charge on any atom is 1.00 e. The Morgan fingerprint density at radius 3 is 2.31 bits per heavy atom. The molecule has 0 spiro atoms. The number of nitrogens with one attached hydrogen (secondary N) is 2. The number of fused-ring (bicyclic) bond motifs is 1. The van der Waals surface area contributed by atoms with Gasteiger partial charge in [0.2, 0.25) is 11.8 Å². The molecule has 2 unspecified atom stereocenters. The summed E-state index contributed by atoms with van der Waals surface area (Å²) in [5.74, 6) is -2.33. The van der Waals surface area contributed by atoms with Gasteiger partial charge in [-0.1, -0.05) is 25.6 Å². The Bertz CT molecular complexity index is 1890. The number of carbonyl (C=O) groups is 4. The minimum atomic E-state index is -5.58. The Labute approximate surface area is 360 Å². The Kier molecular flexibility index (Phi) is 21.9. The van der Waals surface area contributed by atoms with E-state index in [-0.39, 0.29) is 107 Å². The fourth-order valence-corrected chi connectivity index (χ4v) is 8.30. The van der Waals surface area contributed by atoms with Gasteiger partial charge in [-0.15, -0.1) is 0 Å². The number of nitrogens with zero attached hydrogens (tertiary/aromatic N) is 4. The molecule has 7 atom stereocenters. The summed E-state index contributed by atoms with van der Waals surface area (Å²) in [4.78, 5) is 97.6. The van der Waals surface area contributed by atoms with E-state index >= 15 is 0 Å². The van der Waals surface area contributed by atoms with Crippen LogP contribution in [-0.4, -0.2) is 134 Å². The maximum atomic E-state index is 12.7. The van der Waals surface area contributed by atoms with Crippen molar-refractivity contribution in [1.82, 2.24) is 30.2 Å². The van der Waals surface area contributed by atoms with E-state index in [1.54, 1.807) is 0 Å². The van der Waals surface area contributed by atoms with Gasteiger partial charge >= 0.3 is 67.2 Å². The molecule has 3 rings (SSSR count).